The predicted molar refractivity (Wildman–Crippen MR) is 50.1 cm³/mol. The largest absolute Gasteiger partial charge is 0.376 e. The smallest absolute Gasteiger partial charge is 0.0669 e. The molecule has 0 aromatic heterocycles. The van der Waals surface area contributed by atoms with Crippen LogP contribution in [0.4, 0.5) is 0 Å². The van der Waals surface area contributed by atoms with Crippen LogP contribution < -0.4 is 5.73 Å². The predicted octanol–water partition coefficient (Wildman–Crippen LogP) is 0.444. The third-order valence-electron chi connectivity index (χ3n) is 2.35. The average Bonchev–Trinajstić information content (AvgIpc) is 2.86. The minimum atomic E-state index is 0.206. The van der Waals surface area contributed by atoms with Crippen LogP contribution in [0, 0.1) is 0 Å². The summed E-state index contributed by atoms with van der Waals surface area (Å²) < 4.78 is 5.47. The second-order valence-electron chi connectivity index (χ2n) is 3.63. The van der Waals surface area contributed by atoms with E-state index in [-0.39, 0.29) is 6.10 Å². The molecule has 0 aromatic rings. The second-order valence-corrected chi connectivity index (χ2v) is 3.63. The van der Waals surface area contributed by atoms with Crippen molar-refractivity contribution in [2.24, 2.45) is 5.73 Å². The van der Waals surface area contributed by atoms with Gasteiger partial charge in [-0.15, -0.1) is 0 Å². The number of ether oxygens (including phenoxy) is 1. The van der Waals surface area contributed by atoms with Gasteiger partial charge in [-0.05, 0) is 26.8 Å². The molecule has 0 bridgehead atoms. The fourth-order valence-corrected chi connectivity index (χ4v) is 1.16. The van der Waals surface area contributed by atoms with Gasteiger partial charge in [-0.2, -0.15) is 0 Å². The highest BCUT2D eigenvalue weighted by atomic mass is 16.5. The molecule has 12 heavy (non-hydrogen) atoms. The Kier molecular flexibility index (Phi) is 3.98. The summed E-state index contributed by atoms with van der Waals surface area (Å²) >= 11 is 0. The van der Waals surface area contributed by atoms with Gasteiger partial charge in [0.05, 0.1) is 12.7 Å². The first-order valence-corrected chi connectivity index (χ1v) is 4.76. The lowest BCUT2D eigenvalue weighted by molar-refractivity contribution is 0.0566. The number of rotatable bonds is 6. The summed E-state index contributed by atoms with van der Waals surface area (Å²) in [6.45, 7) is 4.48. The summed E-state index contributed by atoms with van der Waals surface area (Å²) in [5.41, 5.74) is 5.42. The van der Waals surface area contributed by atoms with Crippen molar-refractivity contribution < 1.29 is 4.74 Å². The molecule has 1 atom stereocenters. The number of hydrogen-bond donors (Lipinski definition) is 1. The van der Waals surface area contributed by atoms with Crippen LogP contribution in [0.1, 0.15) is 19.8 Å². The monoisotopic (exact) mass is 172 g/mol. The van der Waals surface area contributed by atoms with Crippen LogP contribution in [0.15, 0.2) is 0 Å². The highest BCUT2D eigenvalue weighted by Crippen LogP contribution is 2.24. The molecule has 2 N–H and O–H groups in total. The van der Waals surface area contributed by atoms with Crippen LogP contribution >= 0.6 is 0 Å². The highest BCUT2D eigenvalue weighted by Gasteiger charge is 2.25. The summed E-state index contributed by atoms with van der Waals surface area (Å²) in [5, 5.41) is 0. The number of likely N-dealkylation sites (N-methyl/N-ethyl adjacent to an activating group) is 1. The maximum atomic E-state index is 5.47. The van der Waals surface area contributed by atoms with Gasteiger partial charge in [0, 0.05) is 19.1 Å². The van der Waals surface area contributed by atoms with Gasteiger partial charge in [-0.25, -0.2) is 0 Å². The number of nitrogens with zero attached hydrogens (tertiary/aromatic N) is 1. The number of hydrogen-bond acceptors (Lipinski definition) is 3. The van der Waals surface area contributed by atoms with Crippen LogP contribution in [0.25, 0.3) is 0 Å². The zero-order chi connectivity index (χ0) is 8.97. The van der Waals surface area contributed by atoms with Crippen molar-refractivity contribution in [2.45, 2.75) is 31.9 Å². The molecule has 0 amide bonds. The van der Waals surface area contributed by atoms with Crippen LogP contribution in [0.2, 0.25) is 0 Å². The van der Waals surface area contributed by atoms with E-state index in [0.717, 1.165) is 19.2 Å². The van der Waals surface area contributed by atoms with Gasteiger partial charge in [0.25, 0.3) is 0 Å². The topological polar surface area (TPSA) is 38.5 Å². The molecule has 0 aromatic carbocycles. The van der Waals surface area contributed by atoms with E-state index in [4.69, 9.17) is 10.5 Å². The lowest BCUT2D eigenvalue weighted by Gasteiger charge is -2.17. The SMILES string of the molecule is CC(CN)OCCN(C)C1CC1. The molecule has 0 radical (unpaired) electrons. The summed E-state index contributed by atoms with van der Waals surface area (Å²) in [6.07, 6.45) is 2.93. The van der Waals surface area contributed by atoms with E-state index in [9.17, 15) is 0 Å². The molecule has 0 heterocycles. The van der Waals surface area contributed by atoms with Gasteiger partial charge in [0.2, 0.25) is 0 Å². The van der Waals surface area contributed by atoms with Crippen LogP contribution in [0.3, 0.4) is 0 Å². The van der Waals surface area contributed by atoms with E-state index in [1.165, 1.54) is 12.8 Å². The fraction of sp³-hybridized carbons (Fsp3) is 1.00. The zero-order valence-corrected chi connectivity index (χ0v) is 8.12. The average molecular weight is 172 g/mol. The van der Waals surface area contributed by atoms with Crippen molar-refractivity contribution in [3.63, 3.8) is 0 Å². The van der Waals surface area contributed by atoms with Crippen molar-refractivity contribution in [2.75, 3.05) is 26.7 Å². The molecule has 1 unspecified atom stereocenters. The quantitative estimate of drug-likeness (QED) is 0.632. The van der Waals surface area contributed by atoms with Gasteiger partial charge >= 0.3 is 0 Å². The molecule has 1 rings (SSSR count). The Bertz CT molecular complexity index is 126. The fourth-order valence-electron chi connectivity index (χ4n) is 1.16. The third-order valence-corrected chi connectivity index (χ3v) is 2.35. The van der Waals surface area contributed by atoms with E-state index >= 15 is 0 Å². The highest BCUT2D eigenvalue weighted by molar-refractivity contribution is 4.82. The van der Waals surface area contributed by atoms with Crippen LogP contribution in [-0.2, 0) is 4.74 Å². The van der Waals surface area contributed by atoms with E-state index < -0.39 is 0 Å². The standard InChI is InChI=1S/C9H20N2O/c1-8(7-10)12-6-5-11(2)9-3-4-9/h8-9H,3-7,10H2,1-2H3. The summed E-state index contributed by atoms with van der Waals surface area (Å²) in [5.74, 6) is 0. The normalized spacial score (nSPS) is 20.0. The molecule has 72 valence electrons. The Morgan fingerprint density at radius 3 is 2.75 bits per heavy atom. The zero-order valence-electron chi connectivity index (χ0n) is 8.12. The molecule has 0 aliphatic heterocycles. The summed E-state index contributed by atoms with van der Waals surface area (Å²) in [7, 11) is 2.16. The van der Waals surface area contributed by atoms with E-state index in [1.54, 1.807) is 0 Å². The lowest BCUT2D eigenvalue weighted by atomic mass is 10.4. The first-order chi connectivity index (χ1) is 5.74. The van der Waals surface area contributed by atoms with E-state index in [0.29, 0.717) is 6.54 Å². The van der Waals surface area contributed by atoms with Crippen LogP contribution in [0.5, 0.6) is 0 Å². The molecule has 3 nitrogen and oxygen atoms in total. The molecular formula is C9H20N2O. The molecule has 0 spiro atoms. The lowest BCUT2D eigenvalue weighted by Crippen LogP contribution is -2.28. The Morgan fingerprint density at radius 1 is 1.58 bits per heavy atom. The first kappa shape index (κ1) is 9.96. The minimum Gasteiger partial charge on any atom is -0.376 e. The van der Waals surface area contributed by atoms with E-state index in [1.807, 2.05) is 6.92 Å². The van der Waals surface area contributed by atoms with Gasteiger partial charge in [-0.1, -0.05) is 0 Å². The second kappa shape index (κ2) is 4.80. The Hall–Kier alpha value is -0.120. The molecule has 0 saturated heterocycles. The van der Waals surface area contributed by atoms with Crippen LogP contribution in [-0.4, -0.2) is 43.8 Å². The Labute approximate surface area is 74.9 Å². The maximum absolute atomic E-state index is 5.47. The van der Waals surface area contributed by atoms with Crippen molar-refractivity contribution in [3.05, 3.63) is 0 Å². The van der Waals surface area contributed by atoms with E-state index in [2.05, 4.69) is 11.9 Å². The third kappa shape index (κ3) is 3.52. The molecule has 1 fully saturated rings. The van der Waals surface area contributed by atoms with Gasteiger partial charge in [0.1, 0.15) is 0 Å². The Balaban J connectivity index is 1.93. The van der Waals surface area contributed by atoms with Crippen molar-refractivity contribution >= 4 is 0 Å². The first-order valence-electron chi connectivity index (χ1n) is 4.76. The van der Waals surface area contributed by atoms with Crippen molar-refractivity contribution in [3.8, 4) is 0 Å². The molecule has 3 heteroatoms. The van der Waals surface area contributed by atoms with Crippen molar-refractivity contribution in [1.82, 2.24) is 4.90 Å². The molecular weight excluding hydrogens is 152 g/mol. The Morgan fingerprint density at radius 2 is 2.25 bits per heavy atom. The van der Waals surface area contributed by atoms with Gasteiger partial charge in [-0.3, -0.25) is 0 Å². The van der Waals surface area contributed by atoms with Gasteiger partial charge in [0.15, 0.2) is 0 Å². The summed E-state index contributed by atoms with van der Waals surface area (Å²) in [4.78, 5) is 2.36. The van der Waals surface area contributed by atoms with Gasteiger partial charge < -0.3 is 15.4 Å². The van der Waals surface area contributed by atoms with Crippen molar-refractivity contribution in [1.29, 1.82) is 0 Å². The molecule has 1 aliphatic rings. The number of nitrogens with two attached hydrogens (primary N) is 1. The summed E-state index contributed by atoms with van der Waals surface area (Å²) in [6, 6.07) is 0.835. The molecule has 1 saturated carbocycles. The maximum Gasteiger partial charge on any atom is 0.0669 e. The minimum absolute atomic E-state index is 0.206. The molecule has 1 aliphatic carbocycles.